The minimum atomic E-state index is -3.47. The van der Waals surface area contributed by atoms with E-state index in [0.717, 1.165) is 5.56 Å². The Bertz CT molecular complexity index is 1280. The first-order valence-corrected chi connectivity index (χ1v) is 12.6. The average molecular weight is 496 g/mol. The maximum absolute atomic E-state index is 12.7. The van der Waals surface area contributed by atoms with E-state index in [1.165, 1.54) is 24.5 Å². The van der Waals surface area contributed by atoms with Crippen LogP contribution in [0.5, 0.6) is 0 Å². The van der Waals surface area contributed by atoms with Gasteiger partial charge in [0.2, 0.25) is 11.8 Å². The molecule has 1 aromatic heterocycles. The van der Waals surface area contributed by atoms with Crippen molar-refractivity contribution in [2.75, 3.05) is 20.8 Å². The zero-order chi connectivity index (χ0) is 25.4. The molecule has 0 saturated heterocycles. The smallest absolute Gasteiger partial charge is 0.241 e. The zero-order valence-corrected chi connectivity index (χ0v) is 20.7. The second-order valence-electron chi connectivity index (χ2n) is 7.94. The lowest BCUT2D eigenvalue weighted by Crippen LogP contribution is -2.19. The topological polar surface area (TPSA) is 138 Å². The van der Waals surface area contributed by atoms with E-state index in [9.17, 15) is 8.42 Å². The van der Waals surface area contributed by atoms with E-state index in [1.807, 2.05) is 19.2 Å². The summed E-state index contributed by atoms with van der Waals surface area (Å²) in [7, 11) is -0.0759. The quantitative estimate of drug-likeness (QED) is 0.289. The normalized spacial score (nSPS) is 12.2. The third-order valence-corrected chi connectivity index (χ3v) is 7.63. The van der Waals surface area contributed by atoms with Crippen LogP contribution in [0, 0.1) is 10.8 Å². The molecule has 10 heteroatoms. The molecule has 35 heavy (non-hydrogen) atoms. The summed E-state index contributed by atoms with van der Waals surface area (Å²) in [5, 5.41) is 18.9. The summed E-state index contributed by atoms with van der Waals surface area (Å²) in [6.07, 6.45) is 3.31. The summed E-state index contributed by atoms with van der Waals surface area (Å²) >= 11 is 0. The van der Waals surface area contributed by atoms with Crippen LogP contribution in [0.3, 0.4) is 0 Å². The van der Waals surface area contributed by atoms with Gasteiger partial charge in [0.1, 0.15) is 5.69 Å². The molecule has 1 unspecified atom stereocenters. The first-order chi connectivity index (χ1) is 16.8. The highest BCUT2D eigenvalue weighted by molar-refractivity contribution is 7.92. The number of rotatable bonds is 10. The number of hydrogen-bond donors (Lipinski definition) is 3. The highest BCUT2D eigenvalue weighted by Crippen LogP contribution is 2.23. The minimum Gasteiger partial charge on any atom is -0.419 e. The van der Waals surface area contributed by atoms with Crippen molar-refractivity contribution in [3.05, 3.63) is 77.7 Å². The SMILES string of the molecule is CNCc1ccc(C(=N)OC(=N)c2cncc(-c3ccc(S(=O)(=O)C(C)CCOC)cc3)n2)cc1. The second-order valence-corrected chi connectivity index (χ2v) is 10.3. The van der Waals surface area contributed by atoms with Gasteiger partial charge >= 0.3 is 0 Å². The fraction of sp³-hybridized carbons (Fsp3) is 0.280. The summed E-state index contributed by atoms with van der Waals surface area (Å²) in [4.78, 5) is 8.77. The molecule has 9 nitrogen and oxygen atoms in total. The van der Waals surface area contributed by atoms with Crippen molar-refractivity contribution >= 4 is 21.6 Å². The molecule has 0 aliphatic rings. The van der Waals surface area contributed by atoms with Crippen molar-refractivity contribution < 1.29 is 17.9 Å². The van der Waals surface area contributed by atoms with E-state index in [4.69, 9.17) is 20.3 Å². The molecule has 0 aliphatic carbocycles. The number of aromatic nitrogens is 2. The van der Waals surface area contributed by atoms with Crippen LogP contribution >= 0.6 is 0 Å². The zero-order valence-electron chi connectivity index (χ0n) is 19.9. The summed E-state index contributed by atoms with van der Waals surface area (Å²) < 4.78 is 35.9. The molecule has 0 bridgehead atoms. The summed E-state index contributed by atoms with van der Waals surface area (Å²) in [6, 6.07) is 13.7. The Hall–Kier alpha value is -3.47. The number of nitrogens with zero attached hydrogens (tertiary/aromatic N) is 2. The van der Waals surface area contributed by atoms with Crippen molar-refractivity contribution in [3.63, 3.8) is 0 Å². The molecule has 0 spiro atoms. The molecule has 2 aromatic carbocycles. The van der Waals surface area contributed by atoms with Crippen molar-refractivity contribution in [1.82, 2.24) is 15.3 Å². The van der Waals surface area contributed by atoms with Crippen molar-refractivity contribution in [3.8, 4) is 11.3 Å². The van der Waals surface area contributed by atoms with Gasteiger partial charge in [-0.05, 0) is 50.2 Å². The van der Waals surface area contributed by atoms with E-state index < -0.39 is 15.1 Å². The molecule has 0 aliphatic heterocycles. The lowest BCUT2D eigenvalue weighted by atomic mass is 10.1. The van der Waals surface area contributed by atoms with Crippen LogP contribution in [0.2, 0.25) is 0 Å². The average Bonchev–Trinajstić information content (AvgIpc) is 2.88. The highest BCUT2D eigenvalue weighted by atomic mass is 32.2. The highest BCUT2D eigenvalue weighted by Gasteiger charge is 2.23. The summed E-state index contributed by atoms with van der Waals surface area (Å²) in [5.74, 6) is -0.481. The Balaban J connectivity index is 1.72. The van der Waals surface area contributed by atoms with Gasteiger partial charge < -0.3 is 14.8 Å². The van der Waals surface area contributed by atoms with E-state index in [1.54, 1.807) is 38.3 Å². The van der Waals surface area contributed by atoms with Crippen molar-refractivity contribution in [1.29, 1.82) is 10.8 Å². The Morgan fingerprint density at radius 1 is 1.03 bits per heavy atom. The maximum Gasteiger partial charge on any atom is 0.241 e. The Kier molecular flexibility index (Phi) is 8.80. The van der Waals surface area contributed by atoms with Gasteiger partial charge in [0.15, 0.2) is 9.84 Å². The minimum absolute atomic E-state index is 0.156. The number of hydrogen-bond acceptors (Lipinski definition) is 9. The lowest BCUT2D eigenvalue weighted by molar-refractivity contribution is 0.194. The van der Waals surface area contributed by atoms with E-state index in [0.29, 0.717) is 36.4 Å². The fourth-order valence-electron chi connectivity index (χ4n) is 3.29. The number of nitrogens with one attached hydrogen (secondary N) is 3. The van der Waals surface area contributed by atoms with Gasteiger partial charge in [0.25, 0.3) is 0 Å². The van der Waals surface area contributed by atoms with Gasteiger partial charge in [0, 0.05) is 31.4 Å². The molecule has 3 aromatic rings. The predicted molar refractivity (Wildman–Crippen MR) is 135 cm³/mol. The molecule has 0 fully saturated rings. The summed E-state index contributed by atoms with van der Waals surface area (Å²) in [6.45, 7) is 2.75. The number of methoxy groups -OCH3 is 1. The molecular weight excluding hydrogens is 466 g/mol. The van der Waals surface area contributed by atoms with Crippen LogP contribution in [0.25, 0.3) is 11.3 Å². The lowest BCUT2D eigenvalue weighted by Gasteiger charge is -2.13. The van der Waals surface area contributed by atoms with E-state index in [-0.39, 0.29) is 22.4 Å². The van der Waals surface area contributed by atoms with Crippen LogP contribution in [0.4, 0.5) is 0 Å². The Morgan fingerprint density at radius 3 is 2.34 bits per heavy atom. The summed E-state index contributed by atoms with van der Waals surface area (Å²) in [5.41, 5.74) is 2.86. The van der Waals surface area contributed by atoms with Crippen molar-refractivity contribution in [2.24, 2.45) is 0 Å². The van der Waals surface area contributed by atoms with Crippen LogP contribution in [-0.4, -0.2) is 56.2 Å². The third kappa shape index (κ3) is 6.56. The third-order valence-electron chi connectivity index (χ3n) is 5.41. The number of benzene rings is 2. The second kappa shape index (κ2) is 11.8. The van der Waals surface area contributed by atoms with Crippen LogP contribution in [0.1, 0.15) is 30.2 Å². The first-order valence-electron chi connectivity index (χ1n) is 11.0. The molecule has 3 N–H and O–H groups in total. The number of ether oxygens (including phenoxy) is 2. The molecule has 0 amide bonds. The van der Waals surface area contributed by atoms with E-state index >= 15 is 0 Å². The van der Waals surface area contributed by atoms with Gasteiger partial charge in [-0.2, -0.15) is 0 Å². The number of sulfone groups is 1. The molecule has 184 valence electrons. The van der Waals surface area contributed by atoms with Crippen LogP contribution < -0.4 is 5.32 Å². The first kappa shape index (κ1) is 26.1. The van der Waals surface area contributed by atoms with Gasteiger partial charge in [-0.15, -0.1) is 0 Å². The van der Waals surface area contributed by atoms with Gasteiger partial charge in [0.05, 0.1) is 28.2 Å². The molecule has 0 saturated carbocycles. The molecule has 0 radical (unpaired) electrons. The van der Waals surface area contributed by atoms with Crippen LogP contribution in [-0.2, 0) is 25.9 Å². The molecule has 3 rings (SSSR count). The van der Waals surface area contributed by atoms with E-state index in [2.05, 4.69) is 15.3 Å². The maximum atomic E-state index is 12.7. The molecular formula is C25H29N5O4S. The van der Waals surface area contributed by atoms with Gasteiger partial charge in [-0.25, -0.2) is 13.4 Å². The predicted octanol–water partition coefficient (Wildman–Crippen LogP) is 3.43. The van der Waals surface area contributed by atoms with Gasteiger partial charge in [-0.3, -0.25) is 15.8 Å². The molecule has 1 atom stereocenters. The largest absolute Gasteiger partial charge is 0.419 e. The monoisotopic (exact) mass is 495 g/mol. The van der Waals surface area contributed by atoms with Crippen LogP contribution in [0.15, 0.2) is 65.8 Å². The standard InChI is InChI=1S/C25H29N5O4S/c1-17(12-13-33-3)35(31,32)21-10-8-19(9-11-21)22-15-29-16-23(30-22)25(27)34-24(26)20-6-4-18(5-7-20)14-28-2/h4-11,15-17,26-28H,12-14H2,1-3H3. The fourth-order valence-corrected chi connectivity index (χ4v) is 4.68. The Morgan fingerprint density at radius 2 is 1.71 bits per heavy atom. The van der Waals surface area contributed by atoms with Crippen molar-refractivity contribution in [2.45, 2.75) is 30.0 Å². The van der Waals surface area contributed by atoms with Gasteiger partial charge in [-0.1, -0.05) is 24.3 Å². The molecule has 1 heterocycles. The Labute approximate surface area is 205 Å².